The molecule has 6 heteroatoms. The van der Waals surface area contributed by atoms with Gasteiger partial charge in [0.25, 0.3) is 0 Å². The molecule has 0 radical (unpaired) electrons. The molecule has 0 aliphatic heterocycles. The maximum absolute atomic E-state index is 12.9. The molecule has 0 heterocycles. The van der Waals surface area contributed by atoms with E-state index in [9.17, 15) is 14.4 Å². The second kappa shape index (κ2) is 61.9. The summed E-state index contributed by atoms with van der Waals surface area (Å²) in [6.45, 7) is 6.64. The molecular weight excluding hydrogens is 901 g/mol. The summed E-state index contributed by atoms with van der Waals surface area (Å²) in [5, 5.41) is 0. The summed E-state index contributed by atoms with van der Waals surface area (Å²) in [5.74, 6) is -0.874. The summed E-state index contributed by atoms with van der Waals surface area (Å²) < 4.78 is 16.9. The summed E-state index contributed by atoms with van der Waals surface area (Å²) in [5.41, 5.74) is 0. The monoisotopic (exact) mass is 1020 g/mol. The Labute approximate surface area is 454 Å². The van der Waals surface area contributed by atoms with Crippen LogP contribution in [0.15, 0.2) is 48.6 Å². The summed E-state index contributed by atoms with van der Waals surface area (Å²) in [6.07, 6.45) is 76.8. The Kier molecular flexibility index (Phi) is 59.7. The first-order valence-corrected chi connectivity index (χ1v) is 32.1. The molecule has 6 nitrogen and oxygen atoms in total. The van der Waals surface area contributed by atoms with E-state index in [1.165, 1.54) is 225 Å². The molecule has 0 spiro atoms. The van der Waals surface area contributed by atoms with Crippen molar-refractivity contribution in [3.05, 3.63) is 48.6 Å². The number of esters is 3. The second-order valence-electron chi connectivity index (χ2n) is 21.7. The van der Waals surface area contributed by atoms with Crippen LogP contribution < -0.4 is 0 Å². The third-order valence-corrected chi connectivity index (χ3v) is 14.3. The number of carbonyl (C=O) groups is 3. The number of hydrogen-bond acceptors (Lipinski definition) is 6. The normalized spacial score (nSPS) is 12.3. The highest BCUT2D eigenvalue weighted by molar-refractivity contribution is 5.71. The smallest absolute Gasteiger partial charge is 0.306 e. The molecule has 0 aliphatic rings. The van der Waals surface area contributed by atoms with Crippen LogP contribution in [-0.2, 0) is 28.6 Å². The molecule has 0 aromatic carbocycles. The Bertz CT molecular complexity index is 1270. The highest BCUT2D eigenvalue weighted by atomic mass is 16.6. The van der Waals surface area contributed by atoms with Crippen molar-refractivity contribution in [3.63, 3.8) is 0 Å². The van der Waals surface area contributed by atoms with Gasteiger partial charge in [0.1, 0.15) is 13.2 Å². The molecule has 0 rings (SSSR count). The average molecular weight is 1020 g/mol. The van der Waals surface area contributed by atoms with Gasteiger partial charge < -0.3 is 14.2 Å². The van der Waals surface area contributed by atoms with Crippen LogP contribution in [-0.4, -0.2) is 37.2 Å². The molecule has 0 aliphatic carbocycles. The lowest BCUT2D eigenvalue weighted by atomic mass is 10.0. The SMILES string of the molecule is CCCCC/C=C\C/C=C\CCCCCCCC(=O)OC[C@H](COC(=O)CCCCCCCCCCC/C=C\CCCCCCCC)OC(=O)CCCCCCCCCCCCC/C=C\CCCCCCCC. The molecule has 0 bridgehead atoms. The third kappa shape index (κ3) is 60.1. The summed E-state index contributed by atoms with van der Waals surface area (Å²) in [6, 6.07) is 0. The Hall–Kier alpha value is -2.63. The van der Waals surface area contributed by atoms with Crippen molar-refractivity contribution in [3.8, 4) is 0 Å². The summed E-state index contributed by atoms with van der Waals surface area (Å²) in [7, 11) is 0. The quantitative estimate of drug-likeness (QED) is 0.0261. The van der Waals surface area contributed by atoms with E-state index in [-0.39, 0.29) is 31.1 Å². The minimum Gasteiger partial charge on any atom is -0.462 e. The van der Waals surface area contributed by atoms with E-state index in [1.54, 1.807) is 0 Å². The fourth-order valence-corrected chi connectivity index (χ4v) is 9.41. The lowest BCUT2D eigenvalue weighted by Crippen LogP contribution is -2.30. The number of allylic oxidation sites excluding steroid dienone is 8. The molecule has 0 fully saturated rings. The van der Waals surface area contributed by atoms with Gasteiger partial charge in [0.15, 0.2) is 6.10 Å². The zero-order valence-electron chi connectivity index (χ0n) is 48.9. The molecule has 0 N–H and O–H groups in total. The van der Waals surface area contributed by atoms with Gasteiger partial charge >= 0.3 is 17.9 Å². The van der Waals surface area contributed by atoms with Gasteiger partial charge in [0, 0.05) is 19.3 Å². The average Bonchev–Trinajstić information content (AvgIpc) is 3.39. The van der Waals surface area contributed by atoms with Gasteiger partial charge in [-0.2, -0.15) is 0 Å². The first kappa shape index (κ1) is 70.4. The van der Waals surface area contributed by atoms with Crippen LogP contribution in [0, 0.1) is 0 Å². The first-order valence-electron chi connectivity index (χ1n) is 32.1. The van der Waals surface area contributed by atoms with Crippen LogP contribution in [0.5, 0.6) is 0 Å². The van der Waals surface area contributed by atoms with Crippen molar-refractivity contribution in [1.82, 2.24) is 0 Å². The highest BCUT2D eigenvalue weighted by Crippen LogP contribution is 2.17. The Morgan fingerprint density at radius 1 is 0.274 bits per heavy atom. The summed E-state index contributed by atoms with van der Waals surface area (Å²) in [4.78, 5) is 38.3. The van der Waals surface area contributed by atoms with E-state index in [0.29, 0.717) is 19.3 Å². The lowest BCUT2D eigenvalue weighted by molar-refractivity contribution is -0.167. The molecule has 1 atom stereocenters. The van der Waals surface area contributed by atoms with E-state index >= 15 is 0 Å². The molecule has 0 unspecified atom stereocenters. The second-order valence-corrected chi connectivity index (χ2v) is 21.7. The lowest BCUT2D eigenvalue weighted by Gasteiger charge is -2.18. The molecule has 0 aromatic heterocycles. The van der Waals surface area contributed by atoms with Gasteiger partial charge in [0.05, 0.1) is 0 Å². The minimum atomic E-state index is -0.780. The van der Waals surface area contributed by atoms with Gasteiger partial charge in [0.2, 0.25) is 0 Å². The maximum Gasteiger partial charge on any atom is 0.306 e. The van der Waals surface area contributed by atoms with E-state index in [2.05, 4.69) is 69.4 Å². The van der Waals surface area contributed by atoms with E-state index in [1.807, 2.05) is 0 Å². The molecule has 73 heavy (non-hydrogen) atoms. The van der Waals surface area contributed by atoms with E-state index in [0.717, 1.165) is 77.0 Å². The van der Waals surface area contributed by atoms with Crippen LogP contribution in [0.25, 0.3) is 0 Å². The zero-order chi connectivity index (χ0) is 52.9. The number of unbranched alkanes of at least 4 members (excludes halogenated alkanes) is 40. The van der Waals surface area contributed by atoms with Gasteiger partial charge in [-0.25, -0.2) is 0 Å². The Balaban J connectivity index is 4.34. The summed E-state index contributed by atoms with van der Waals surface area (Å²) >= 11 is 0. The number of ether oxygens (including phenoxy) is 3. The molecule has 0 saturated carbocycles. The predicted molar refractivity (Wildman–Crippen MR) is 316 cm³/mol. The van der Waals surface area contributed by atoms with Crippen molar-refractivity contribution < 1.29 is 28.6 Å². The van der Waals surface area contributed by atoms with Crippen molar-refractivity contribution in [1.29, 1.82) is 0 Å². The van der Waals surface area contributed by atoms with Gasteiger partial charge in [-0.3, -0.25) is 14.4 Å². The minimum absolute atomic E-state index is 0.0766. The van der Waals surface area contributed by atoms with Crippen molar-refractivity contribution in [2.45, 2.75) is 348 Å². The van der Waals surface area contributed by atoms with E-state index < -0.39 is 6.10 Å². The zero-order valence-corrected chi connectivity index (χ0v) is 48.9. The standard InChI is InChI=1S/C67H122O6/c1-4-7-10-13-16-19-22-25-28-30-32-33-35-37-40-43-46-49-52-55-58-61-67(70)73-64(62-71-65(68)59-56-53-50-47-44-41-38-27-24-21-18-15-12-9-6-3)63-72-66(69)60-57-54-51-48-45-42-39-36-34-31-29-26-23-20-17-14-11-8-5-2/h18,21,25-29,38,64H,4-17,19-20,22-24,30-37,39-63H2,1-3H3/b21-18-,28-25-,29-26-,38-27-/t64-/m1/s1. The highest BCUT2D eigenvalue weighted by Gasteiger charge is 2.19. The molecule has 0 aromatic rings. The van der Waals surface area contributed by atoms with Crippen LogP contribution in [0.2, 0.25) is 0 Å². The fourth-order valence-electron chi connectivity index (χ4n) is 9.41. The van der Waals surface area contributed by atoms with Crippen LogP contribution >= 0.6 is 0 Å². The van der Waals surface area contributed by atoms with E-state index in [4.69, 9.17) is 14.2 Å². The topological polar surface area (TPSA) is 78.9 Å². The fraction of sp³-hybridized carbons (Fsp3) is 0.836. The van der Waals surface area contributed by atoms with Gasteiger partial charge in [-0.1, -0.05) is 268 Å². The largest absolute Gasteiger partial charge is 0.462 e. The molecule has 426 valence electrons. The molecular formula is C67H122O6. The number of carbonyl (C=O) groups excluding carboxylic acids is 3. The number of hydrogen-bond donors (Lipinski definition) is 0. The van der Waals surface area contributed by atoms with Crippen molar-refractivity contribution in [2.75, 3.05) is 13.2 Å². The molecule has 0 amide bonds. The van der Waals surface area contributed by atoms with Crippen molar-refractivity contribution in [2.24, 2.45) is 0 Å². The Morgan fingerprint density at radius 2 is 0.493 bits per heavy atom. The Morgan fingerprint density at radius 3 is 0.795 bits per heavy atom. The van der Waals surface area contributed by atoms with Crippen LogP contribution in [0.1, 0.15) is 342 Å². The predicted octanol–water partition coefficient (Wildman–Crippen LogP) is 21.8. The van der Waals surface area contributed by atoms with Crippen LogP contribution in [0.4, 0.5) is 0 Å². The number of rotatable bonds is 59. The van der Waals surface area contributed by atoms with Gasteiger partial charge in [-0.05, 0) is 103 Å². The van der Waals surface area contributed by atoms with Crippen LogP contribution in [0.3, 0.4) is 0 Å². The maximum atomic E-state index is 12.9. The third-order valence-electron chi connectivity index (χ3n) is 14.3. The van der Waals surface area contributed by atoms with Crippen molar-refractivity contribution >= 4 is 17.9 Å². The molecule has 0 saturated heterocycles. The first-order chi connectivity index (χ1) is 36.0. The van der Waals surface area contributed by atoms with Gasteiger partial charge in [-0.15, -0.1) is 0 Å².